The molecule has 0 aliphatic carbocycles. The Morgan fingerprint density at radius 3 is 2.57 bits per heavy atom. The fourth-order valence-corrected chi connectivity index (χ4v) is 3.93. The average molecular weight is 511 g/mol. The first-order chi connectivity index (χ1) is 17.6. The minimum atomic E-state index is -0.463. The Hall–Kier alpha value is -4.52. The first-order valence-corrected chi connectivity index (χ1v) is 11.3. The molecule has 0 bridgehead atoms. The third kappa shape index (κ3) is 5.07. The van der Waals surface area contributed by atoms with E-state index in [-0.39, 0.29) is 23.1 Å². The van der Waals surface area contributed by atoms with Crippen molar-refractivity contribution in [1.29, 1.82) is 0 Å². The lowest BCUT2D eigenvalue weighted by molar-refractivity contribution is -0.384. The van der Waals surface area contributed by atoms with Gasteiger partial charge in [0.25, 0.3) is 5.69 Å². The van der Waals surface area contributed by atoms with Crippen molar-refractivity contribution in [2.75, 3.05) is 51.6 Å². The van der Waals surface area contributed by atoms with E-state index in [0.29, 0.717) is 35.6 Å². The zero-order valence-corrected chi connectivity index (χ0v) is 21.1. The molecule has 0 saturated carbocycles. The number of anilines is 3. The number of benzene rings is 2. The summed E-state index contributed by atoms with van der Waals surface area (Å²) in [5, 5.41) is 14.9. The standard InChI is InChI=1S/C24H27FN8O4/c1-29(2)10-11-30(3)18-14-21(37-5)16(13-20(18)33(35)36)27-23-26-9-8-22(28-23)32-17-7-6-15(25)12-19(17)31(4)24(32)34/h6-9,12-14H,10-11H2,1-5H3,(H,26,27,28). The molecule has 1 N–H and O–H groups in total. The predicted octanol–water partition coefficient (Wildman–Crippen LogP) is 2.92. The second-order valence-corrected chi connectivity index (χ2v) is 8.70. The van der Waals surface area contributed by atoms with Crippen molar-refractivity contribution >= 4 is 34.0 Å². The van der Waals surface area contributed by atoms with Crippen molar-refractivity contribution in [3.63, 3.8) is 0 Å². The van der Waals surface area contributed by atoms with Crippen molar-refractivity contribution in [3.8, 4) is 11.6 Å². The number of nitrogens with zero attached hydrogens (tertiary/aromatic N) is 7. The van der Waals surface area contributed by atoms with Crippen LogP contribution in [0.15, 0.2) is 47.4 Å². The Bertz CT molecular complexity index is 1530. The SMILES string of the molecule is COc1cc(N(C)CCN(C)C)c([N+](=O)[O-])cc1Nc1nccc(-n2c(=O)n(C)c3cc(F)ccc32)n1. The van der Waals surface area contributed by atoms with E-state index in [1.54, 1.807) is 25.1 Å². The van der Waals surface area contributed by atoms with Gasteiger partial charge in [-0.2, -0.15) is 4.98 Å². The molecule has 37 heavy (non-hydrogen) atoms. The summed E-state index contributed by atoms with van der Waals surface area (Å²) in [6, 6.07) is 8.53. The van der Waals surface area contributed by atoms with Gasteiger partial charge in [0.15, 0.2) is 0 Å². The molecule has 0 unspecified atom stereocenters. The van der Waals surface area contributed by atoms with Crippen molar-refractivity contribution < 1.29 is 14.1 Å². The van der Waals surface area contributed by atoms with Crippen LogP contribution < -0.4 is 20.6 Å². The number of aryl methyl sites for hydroxylation is 1. The van der Waals surface area contributed by atoms with Gasteiger partial charge in [0, 0.05) is 51.6 Å². The zero-order chi connectivity index (χ0) is 26.9. The summed E-state index contributed by atoms with van der Waals surface area (Å²) in [5.74, 6) is 0.219. The van der Waals surface area contributed by atoms with Crippen LogP contribution in [0.4, 0.5) is 27.4 Å². The molecule has 13 heteroatoms. The van der Waals surface area contributed by atoms with Crippen LogP contribution in [0.5, 0.6) is 5.75 Å². The minimum Gasteiger partial charge on any atom is -0.494 e. The summed E-state index contributed by atoms with van der Waals surface area (Å²) in [6.07, 6.45) is 1.45. The Morgan fingerprint density at radius 2 is 1.89 bits per heavy atom. The Kier molecular flexibility index (Phi) is 7.07. The van der Waals surface area contributed by atoms with Gasteiger partial charge in [-0.3, -0.25) is 14.7 Å². The molecule has 0 fully saturated rings. The van der Waals surface area contributed by atoms with Gasteiger partial charge in [-0.05, 0) is 32.3 Å². The van der Waals surface area contributed by atoms with Gasteiger partial charge >= 0.3 is 5.69 Å². The highest BCUT2D eigenvalue weighted by Gasteiger charge is 2.23. The van der Waals surface area contributed by atoms with Gasteiger partial charge in [-0.1, -0.05) is 0 Å². The number of methoxy groups -OCH3 is 1. The van der Waals surface area contributed by atoms with Crippen LogP contribution in [-0.2, 0) is 7.05 Å². The molecule has 0 saturated heterocycles. The Labute approximate surface area is 211 Å². The maximum atomic E-state index is 13.8. The predicted molar refractivity (Wildman–Crippen MR) is 139 cm³/mol. The second kappa shape index (κ2) is 10.2. The molecule has 194 valence electrons. The minimum absolute atomic E-state index is 0.0878. The maximum Gasteiger partial charge on any atom is 0.334 e. The molecule has 0 amide bonds. The zero-order valence-electron chi connectivity index (χ0n) is 21.1. The number of ether oxygens (including phenoxy) is 1. The van der Waals surface area contributed by atoms with Crippen molar-refractivity contribution in [2.45, 2.75) is 0 Å². The van der Waals surface area contributed by atoms with Crippen LogP contribution in [0.2, 0.25) is 0 Å². The second-order valence-electron chi connectivity index (χ2n) is 8.70. The Morgan fingerprint density at radius 1 is 1.14 bits per heavy atom. The number of halogens is 1. The summed E-state index contributed by atoms with van der Waals surface area (Å²) in [7, 11) is 8.63. The molecule has 2 aromatic heterocycles. The van der Waals surface area contributed by atoms with Crippen LogP contribution in [-0.4, -0.2) is 70.3 Å². The van der Waals surface area contributed by atoms with Crippen LogP contribution in [0, 0.1) is 15.9 Å². The summed E-state index contributed by atoms with van der Waals surface area (Å²) in [5.41, 5.74) is 1.03. The fourth-order valence-electron chi connectivity index (χ4n) is 3.93. The first-order valence-electron chi connectivity index (χ1n) is 11.3. The number of nitro benzene ring substituents is 1. The van der Waals surface area contributed by atoms with Crippen molar-refractivity contribution in [1.82, 2.24) is 24.0 Å². The molecule has 4 aromatic rings. The van der Waals surface area contributed by atoms with E-state index < -0.39 is 16.4 Å². The van der Waals surface area contributed by atoms with E-state index in [1.807, 2.05) is 19.0 Å². The van der Waals surface area contributed by atoms with Gasteiger partial charge < -0.3 is 19.9 Å². The van der Waals surface area contributed by atoms with E-state index in [0.717, 1.165) is 0 Å². The number of aromatic nitrogens is 4. The van der Waals surface area contributed by atoms with E-state index in [2.05, 4.69) is 15.3 Å². The highest BCUT2D eigenvalue weighted by molar-refractivity contribution is 5.78. The van der Waals surface area contributed by atoms with E-state index in [1.165, 1.54) is 52.8 Å². The van der Waals surface area contributed by atoms with Crippen LogP contribution in [0.1, 0.15) is 0 Å². The third-order valence-corrected chi connectivity index (χ3v) is 5.92. The van der Waals surface area contributed by atoms with Crippen LogP contribution >= 0.6 is 0 Å². The topological polar surface area (TPSA) is 124 Å². The quantitative estimate of drug-likeness (QED) is 0.267. The molecule has 0 aliphatic heterocycles. The average Bonchev–Trinajstić information content (AvgIpc) is 3.11. The van der Waals surface area contributed by atoms with Gasteiger partial charge in [0.05, 0.1) is 28.8 Å². The normalized spacial score (nSPS) is 11.2. The largest absolute Gasteiger partial charge is 0.494 e. The highest BCUT2D eigenvalue weighted by Crippen LogP contribution is 2.38. The van der Waals surface area contributed by atoms with Crippen LogP contribution in [0.25, 0.3) is 16.9 Å². The van der Waals surface area contributed by atoms with Crippen LogP contribution in [0.3, 0.4) is 0 Å². The lowest BCUT2D eigenvalue weighted by Crippen LogP contribution is -2.29. The fraction of sp³-hybridized carbons (Fsp3) is 0.292. The summed E-state index contributed by atoms with van der Waals surface area (Å²) in [4.78, 5) is 36.8. The number of nitro groups is 1. The number of hydrogen-bond acceptors (Lipinski definition) is 9. The van der Waals surface area contributed by atoms with Crippen molar-refractivity contribution in [3.05, 3.63) is 69.0 Å². The lowest BCUT2D eigenvalue weighted by Gasteiger charge is -2.22. The molecular weight excluding hydrogens is 483 g/mol. The van der Waals surface area contributed by atoms with Gasteiger partial charge in [-0.25, -0.2) is 18.7 Å². The summed E-state index contributed by atoms with van der Waals surface area (Å²) in [6.45, 7) is 1.27. The Balaban J connectivity index is 1.74. The van der Waals surface area contributed by atoms with E-state index in [4.69, 9.17) is 4.74 Å². The molecule has 12 nitrogen and oxygen atoms in total. The smallest absolute Gasteiger partial charge is 0.334 e. The number of rotatable bonds is 9. The number of imidazole rings is 1. The van der Waals surface area contributed by atoms with Gasteiger partial charge in [0.1, 0.15) is 23.1 Å². The summed E-state index contributed by atoms with van der Waals surface area (Å²) < 4.78 is 21.9. The van der Waals surface area contributed by atoms with Crippen molar-refractivity contribution in [2.24, 2.45) is 7.05 Å². The number of likely N-dealkylation sites (N-methyl/N-ethyl adjacent to an activating group) is 2. The first kappa shape index (κ1) is 25.6. The van der Waals surface area contributed by atoms with E-state index in [9.17, 15) is 19.3 Å². The van der Waals surface area contributed by atoms with Gasteiger partial charge in [-0.15, -0.1) is 0 Å². The number of nitrogens with one attached hydrogen (secondary N) is 1. The molecule has 0 spiro atoms. The monoisotopic (exact) mass is 510 g/mol. The lowest BCUT2D eigenvalue weighted by atomic mass is 10.2. The number of hydrogen-bond donors (Lipinski definition) is 1. The van der Waals surface area contributed by atoms with Gasteiger partial charge in [0.2, 0.25) is 5.95 Å². The molecule has 0 radical (unpaired) electrons. The molecule has 0 atom stereocenters. The maximum absolute atomic E-state index is 13.8. The molecule has 2 aromatic carbocycles. The van der Waals surface area contributed by atoms with E-state index >= 15 is 0 Å². The molecule has 0 aliphatic rings. The molecular formula is C24H27FN8O4. The third-order valence-electron chi connectivity index (χ3n) is 5.92. The molecule has 2 heterocycles. The molecule has 4 rings (SSSR count). The number of fused-ring (bicyclic) bond motifs is 1. The highest BCUT2D eigenvalue weighted by atomic mass is 19.1. The summed E-state index contributed by atoms with van der Waals surface area (Å²) >= 11 is 0.